The Balaban J connectivity index is 1.39. The molecule has 4 rings (SSSR count). The first-order valence-electron chi connectivity index (χ1n) is 12.1. The monoisotopic (exact) mass is 461 g/mol. The second-order valence-electron chi connectivity index (χ2n) is 8.90. The van der Waals surface area contributed by atoms with Crippen LogP contribution >= 0.6 is 0 Å². The van der Waals surface area contributed by atoms with Crippen LogP contribution in [0.3, 0.4) is 0 Å². The van der Waals surface area contributed by atoms with Gasteiger partial charge in [0.1, 0.15) is 5.84 Å². The van der Waals surface area contributed by atoms with Crippen molar-refractivity contribution >= 4 is 17.3 Å². The number of nitrogens with one attached hydrogen (secondary N) is 2. The van der Waals surface area contributed by atoms with Crippen molar-refractivity contribution in [1.82, 2.24) is 25.1 Å². The summed E-state index contributed by atoms with van der Waals surface area (Å²) in [6.45, 7) is 9.38. The van der Waals surface area contributed by atoms with E-state index in [1.54, 1.807) is 7.11 Å². The van der Waals surface area contributed by atoms with E-state index < -0.39 is 0 Å². The van der Waals surface area contributed by atoms with Gasteiger partial charge >= 0.3 is 0 Å². The number of H-pyrrole nitrogens is 1. The lowest BCUT2D eigenvalue weighted by molar-refractivity contribution is 0.121. The molecule has 4 heterocycles. The first kappa shape index (κ1) is 24.0. The Hall–Kier alpha value is -3.10. The van der Waals surface area contributed by atoms with E-state index in [0.29, 0.717) is 12.5 Å². The number of rotatable bonds is 11. The van der Waals surface area contributed by atoms with Gasteiger partial charge in [0.2, 0.25) is 0 Å². The van der Waals surface area contributed by atoms with Crippen LogP contribution in [0.25, 0.3) is 11.3 Å². The SMILES string of the molecule is CCCN(CCOC)C(C)CCc1ccnc(N=C2Cc3nc(-c4cn[nH]c4C)ccc3N2)c1. The average molecular weight is 462 g/mol. The van der Waals surface area contributed by atoms with Gasteiger partial charge in [-0.25, -0.2) is 9.98 Å². The lowest BCUT2D eigenvalue weighted by Gasteiger charge is -2.28. The van der Waals surface area contributed by atoms with Crippen LogP contribution in [-0.2, 0) is 17.6 Å². The molecule has 1 aliphatic heterocycles. The fraction of sp³-hybridized carbons (Fsp3) is 0.462. The molecule has 0 bridgehead atoms. The van der Waals surface area contributed by atoms with Crippen molar-refractivity contribution in [1.29, 1.82) is 0 Å². The highest BCUT2D eigenvalue weighted by Gasteiger charge is 2.19. The molecule has 0 saturated heterocycles. The molecular formula is C26H35N7O. The lowest BCUT2D eigenvalue weighted by Crippen LogP contribution is -2.36. The molecule has 3 aromatic rings. The Morgan fingerprint density at radius 2 is 2.12 bits per heavy atom. The zero-order valence-corrected chi connectivity index (χ0v) is 20.6. The van der Waals surface area contributed by atoms with Gasteiger partial charge in [-0.1, -0.05) is 6.92 Å². The summed E-state index contributed by atoms with van der Waals surface area (Å²) < 4.78 is 5.29. The van der Waals surface area contributed by atoms with E-state index >= 15 is 0 Å². The molecule has 8 nitrogen and oxygen atoms in total. The van der Waals surface area contributed by atoms with Crippen molar-refractivity contribution in [2.75, 3.05) is 32.1 Å². The third-order valence-electron chi connectivity index (χ3n) is 6.32. The normalized spacial score (nSPS) is 15.0. The number of aliphatic imine (C=N–C) groups is 1. The molecule has 180 valence electrons. The van der Waals surface area contributed by atoms with Gasteiger partial charge in [-0.05, 0) is 69.5 Å². The number of aromatic amines is 1. The minimum atomic E-state index is 0.503. The molecule has 34 heavy (non-hydrogen) atoms. The maximum Gasteiger partial charge on any atom is 0.154 e. The summed E-state index contributed by atoms with van der Waals surface area (Å²) in [4.78, 5) is 16.6. The van der Waals surface area contributed by atoms with Crippen molar-refractivity contribution in [3.8, 4) is 11.3 Å². The molecule has 0 radical (unpaired) electrons. The van der Waals surface area contributed by atoms with Crippen LogP contribution in [0.5, 0.6) is 0 Å². The van der Waals surface area contributed by atoms with Crippen molar-refractivity contribution < 1.29 is 4.74 Å². The van der Waals surface area contributed by atoms with E-state index in [4.69, 9.17) is 14.7 Å². The lowest BCUT2D eigenvalue weighted by atomic mass is 10.1. The van der Waals surface area contributed by atoms with E-state index in [-0.39, 0.29) is 0 Å². The van der Waals surface area contributed by atoms with Crippen LogP contribution < -0.4 is 5.32 Å². The van der Waals surface area contributed by atoms with Crippen LogP contribution in [0.15, 0.2) is 41.7 Å². The summed E-state index contributed by atoms with van der Waals surface area (Å²) in [6.07, 6.45) is 7.57. The van der Waals surface area contributed by atoms with E-state index in [1.165, 1.54) is 5.56 Å². The van der Waals surface area contributed by atoms with Gasteiger partial charge in [-0.3, -0.25) is 15.0 Å². The minimum absolute atomic E-state index is 0.503. The van der Waals surface area contributed by atoms with Crippen molar-refractivity contribution in [2.45, 2.75) is 52.5 Å². The Morgan fingerprint density at radius 3 is 2.88 bits per heavy atom. The topological polar surface area (TPSA) is 91.3 Å². The van der Waals surface area contributed by atoms with Crippen LogP contribution in [-0.4, -0.2) is 63.7 Å². The van der Waals surface area contributed by atoms with Crippen molar-refractivity contribution in [3.63, 3.8) is 0 Å². The first-order valence-corrected chi connectivity index (χ1v) is 12.1. The Morgan fingerprint density at radius 1 is 1.24 bits per heavy atom. The van der Waals surface area contributed by atoms with Gasteiger partial charge in [-0.2, -0.15) is 5.10 Å². The molecule has 0 spiro atoms. The van der Waals surface area contributed by atoms with Gasteiger partial charge in [-0.15, -0.1) is 0 Å². The van der Waals surface area contributed by atoms with E-state index in [1.807, 2.05) is 25.4 Å². The smallest absolute Gasteiger partial charge is 0.154 e. The zero-order chi connectivity index (χ0) is 23.9. The Labute approximate surface area is 201 Å². The molecule has 3 aromatic heterocycles. The highest BCUT2D eigenvalue weighted by atomic mass is 16.5. The van der Waals surface area contributed by atoms with E-state index in [2.05, 4.69) is 57.4 Å². The second kappa shape index (κ2) is 11.4. The highest BCUT2D eigenvalue weighted by Crippen LogP contribution is 2.28. The quantitative estimate of drug-likeness (QED) is 0.435. The summed E-state index contributed by atoms with van der Waals surface area (Å²) in [7, 11) is 1.77. The standard InChI is InChI=1S/C26H35N7O/c1-5-12-33(13-14-34-4)18(2)6-7-20-10-11-27-25(15-20)31-26-16-24-23(30-26)9-8-22(29-24)21-17-28-32-19(21)3/h8-11,15,17-18H,5-7,12-14,16H2,1-4H3,(H,28,32)(H,27,30,31). The number of hydrogen-bond acceptors (Lipinski definition) is 6. The number of methoxy groups -OCH3 is 1. The molecule has 0 saturated carbocycles. The third-order valence-corrected chi connectivity index (χ3v) is 6.32. The summed E-state index contributed by atoms with van der Waals surface area (Å²) in [5.74, 6) is 1.60. The number of hydrogen-bond donors (Lipinski definition) is 2. The molecule has 1 unspecified atom stereocenters. The predicted molar refractivity (Wildman–Crippen MR) is 137 cm³/mol. The second-order valence-corrected chi connectivity index (χ2v) is 8.90. The van der Waals surface area contributed by atoms with Gasteiger partial charge in [0.15, 0.2) is 5.82 Å². The molecule has 2 N–H and O–H groups in total. The van der Waals surface area contributed by atoms with Gasteiger partial charge in [0.05, 0.1) is 36.3 Å². The fourth-order valence-corrected chi connectivity index (χ4v) is 4.36. The van der Waals surface area contributed by atoms with E-state index in [0.717, 1.165) is 78.9 Å². The van der Waals surface area contributed by atoms with Gasteiger partial charge < -0.3 is 10.1 Å². The molecule has 0 fully saturated rings. The number of amidine groups is 1. The van der Waals surface area contributed by atoms with Crippen molar-refractivity contribution in [3.05, 3.63) is 53.6 Å². The van der Waals surface area contributed by atoms with E-state index in [9.17, 15) is 0 Å². The summed E-state index contributed by atoms with van der Waals surface area (Å²) in [5, 5.41) is 10.5. The first-order chi connectivity index (χ1) is 16.6. The molecule has 1 atom stereocenters. The summed E-state index contributed by atoms with van der Waals surface area (Å²) in [6, 6.07) is 8.76. The number of aryl methyl sites for hydroxylation is 2. The largest absolute Gasteiger partial charge is 0.383 e. The number of fused-ring (bicyclic) bond motifs is 1. The maximum atomic E-state index is 5.29. The molecule has 1 aliphatic rings. The predicted octanol–water partition coefficient (Wildman–Crippen LogP) is 4.55. The van der Waals surface area contributed by atoms with Crippen LogP contribution in [0, 0.1) is 6.92 Å². The third kappa shape index (κ3) is 5.87. The number of nitrogens with zero attached hydrogens (tertiary/aromatic N) is 5. The van der Waals surface area contributed by atoms with Gasteiger partial charge in [0.25, 0.3) is 0 Å². The zero-order valence-electron chi connectivity index (χ0n) is 20.6. The fourth-order valence-electron chi connectivity index (χ4n) is 4.36. The number of aromatic nitrogens is 4. The van der Waals surface area contributed by atoms with Crippen LogP contribution in [0.4, 0.5) is 11.5 Å². The highest BCUT2D eigenvalue weighted by molar-refractivity contribution is 6.03. The average Bonchev–Trinajstić information content (AvgIpc) is 3.45. The molecule has 8 heteroatoms. The molecule has 0 aliphatic carbocycles. The number of anilines is 1. The maximum absolute atomic E-state index is 5.29. The molecule has 0 amide bonds. The summed E-state index contributed by atoms with van der Waals surface area (Å²) >= 11 is 0. The van der Waals surface area contributed by atoms with Crippen LogP contribution in [0.2, 0.25) is 0 Å². The number of ether oxygens (including phenoxy) is 1. The van der Waals surface area contributed by atoms with Gasteiger partial charge in [0, 0.05) is 37.2 Å². The summed E-state index contributed by atoms with van der Waals surface area (Å²) in [5.41, 5.74) is 6.21. The Kier molecular flexibility index (Phi) is 8.03. The Bertz CT molecular complexity index is 1120. The number of pyridine rings is 2. The molecule has 0 aromatic carbocycles. The minimum Gasteiger partial charge on any atom is -0.383 e. The molecular weight excluding hydrogens is 426 g/mol. The van der Waals surface area contributed by atoms with Crippen LogP contribution in [0.1, 0.15) is 43.6 Å². The van der Waals surface area contributed by atoms with Crippen molar-refractivity contribution in [2.24, 2.45) is 4.99 Å².